The summed E-state index contributed by atoms with van der Waals surface area (Å²) in [6.45, 7) is 1.26. The SMILES string of the molecule is CC(O)C1=C(F)[C@@H](n2ccc(N)nc2=O)[C@H](O)[C@@H]1O. The lowest BCUT2D eigenvalue weighted by atomic mass is 10.1. The minimum absolute atomic E-state index is 0.0329. The molecule has 0 saturated carbocycles. The Kier molecular flexibility index (Phi) is 3.40. The normalized spacial score (nSPS) is 28.8. The third-order valence-electron chi connectivity index (χ3n) is 3.10. The maximum Gasteiger partial charge on any atom is 0.350 e. The van der Waals surface area contributed by atoms with E-state index in [4.69, 9.17) is 5.73 Å². The topological polar surface area (TPSA) is 122 Å². The van der Waals surface area contributed by atoms with Crippen molar-refractivity contribution in [2.45, 2.75) is 31.3 Å². The standard InChI is InChI=1S/C11H14FN3O4/c1-4(16)6-7(12)8(10(18)9(6)17)15-3-2-5(13)14-11(15)19/h2-4,8-10,16-18H,1H3,(H2,13,14,19)/t4?,8-,9-,10+/m1/s1. The molecule has 7 nitrogen and oxygen atoms in total. The average molecular weight is 271 g/mol. The van der Waals surface area contributed by atoms with Crippen LogP contribution in [0, 0.1) is 0 Å². The molecule has 0 aromatic carbocycles. The lowest BCUT2D eigenvalue weighted by Crippen LogP contribution is -2.36. The Hall–Kier alpha value is -1.77. The van der Waals surface area contributed by atoms with Crippen LogP contribution in [0.25, 0.3) is 0 Å². The van der Waals surface area contributed by atoms with Crippen molar-refractivity contribution in [3.05, 3.63) is 34.1 Å². The number of nitrogen functional groups attached to an aromatic ring is 1. The summed E-state index contributed by atoms with van der Waals surface area (Å²) in [6, 6.07) is -0.145. The lowest BCUT2D eigenvalue weighted by Gasteiger charge is -2.19. The van der Waals surface area contributed by atoms with Gasteiger partial charge < -0.3 is 21.1 Å². The van der Waals surface area contributed by atoms with E-state index < -0.39 is 35.9 Å². The van der Waals surface area contributed by atoms with Crippen LogP contribution in [-0.2, 0) is 0 Å². The zero-order valence-corrected chi connectivity index (χ0v) is 10.1. The molecule has 8 heteroatoms. The Bertz CT molecular complexity index is 584. The van der Waals surface area contributed by atoms with Crippen molar-refractivity contribution in [3.8, 4) is 0 Å². The maximum absolute atomic E-state index is 14.2. The van der Waals surface area contributed by atoms with E-state index in [-0.39, 0.29) is 11.4 Å². The zero-order chi connectivity index (χ0) is 14.3. The van der Waals surface area contributed by atoms with Gasteiger partial charge in [0.25, 0.3) is 0 Å². The van der Waals surface area contributed by atoms with Gasteiger partial charge in [-0.25, -0.2) is 9.18 Å². The first-order valence-corrected chi connectivity index (χ1v) is 5.63. The fourth-order valence-electron chi connectivity index (χ4n) is 2.19. The van der Waals surface area contributed by atoms with Gasteiger partial charge >= 0.3 is 5.69 Å². The second-order valence-corrected chi connectivity index (χ2v) is 4.40. The molecule has 0 spiro atoms. The summed E-state index contributed by atoms with van der Waals surface area (Å²) in [5, 5.41) is 28.9. The van der Waals surface area contributed by atoms with Gasteiger partial charge in [0.05, 0.1) is 6.10 Å². The summed E-state index contributed by atoms with van der Waals surface area (Å²) in [4.78, 5) is 15.1. The van der Waals surface area contributed by atoms with Gasteiger partial charge in [0, 0.05) is 11.8 Å². The zero-order valence-electron chi connectivity index (χ0n) is 10.1. The maximum atomic E-state index is 14.2. The number of halogens is 1. The van der Waals surface area contributed by atoms with Crippen LogP contribution in [0.5, 0.6) is 0 Å². The Morgan fingerprint density at radius 1 is 1.53 bits per heavy atom. The average Bonchev–Trinajstić information content (AvgIpc) is 2.52. The molecule has 1 aromatic rings. The minimum atomic E-state index is -1.58. The van der Waals surface area contributed by atoms with Gasteiger partial charge in [0.2, 0.25) is 0 Å². The van der Waals surface area contributed by atoms with E-state index in [1.807, 2.05) is 0 Å². The molecule has 1 aliphatic carbocycles. The number of aromatic nitrogens is 2. The van der Waals surface area contributed by atoms with Gasteiger partial charge in [-0.1, -0.05) is 0 Å². The summed E-state index contributed by atoms with van der Waals surface area (Å²) in [5.41, 5.74) is 4.14. The molecule has 0 amide bonds. The third kappa shape index (κ3) is 2.14. The van der Waals surface area contributed by atoms with Crippen molar-refractivity contribution < 1.29 is 19.7 Å². The van der Waals surface area contributed by atoms with Crippen LogP contribution in [0.3, 0.4) is 0 Å². The number of rotatable bonds is 2. The van der Waals surface area contributed by atoms with Crippen LogP contribution < -0.4 is 11.4 Å². The number of aliphatic hydroxyl groups is 3. The Balaban J connectivity index is 2.53. The Morgan fingerprint density at radius 3 is 2.63 bits per heavy atom. The van der Waals surface area contributed by atoms with Gasteiger partial charge in [-0.2, -0.15) is 4.98 Å². The molecule has 1 unspecified atom stereocenters. The van der Waals surface area contributed by atoms with E-state index in [1.54, 1.807) is 0 Å². The van der Waals surface area contributed by atoms with Crippen molar-refractivity contribution in [1.29, 1.82) is 0 Å². The summed E-state index contributed by atoms with van der Waals surface area (Å²) in [6.07, 6.45) is -3.25. The second-order valence-electron chi connectivity index (χ2n) is 4.40. The van der Waals surface area contributed by atoms with E-state index in [2.05, 4.69) is 4.98 Å². The number of anilines is 1. The summed E-state index contributed by atoms with van der Waals surface area (Å²) < 4.78 is 15.0. The van der Waals surface area contributed by atoms with Crippen LogP contribution in [0.4, 0.5) is 10.2 Å². The molecule has 5 N–H and O–H groups in total. The molecule has 4 atom stereocenters. The molecular weight excluding hydrogens is 257 g/mol. The predicted molar refractivity (Wildman–Crippen MR) is 63.8 cm³/mol. The van der Waals surface area contributed by atoms with Crippen LogP contribution in [-0.4, -0.2) is 43.2 Å². The van der Waals surface area contributed by atoms with Crippen LogP contribution in [0.15, 0.2) is 28.5 Å². The van der Waals surface area contributed by atoms with Crippen molar-refractivity contribution in [1.82, 2.24) is 9.55 Å². The molecule has 104 valence electrons. The number of aliphatic hydroxyl groups excluding tert-OH is 3. The molecule has 0 fully saturated rings. The number of nitrogens with zero attached hydrogens (tertiary/aromatic N) is 2. The molecule has 0 saturated heterocycles. The predicted octanol–water partition coefficient (Wildman–Crippen LogP) is -1.29. The van der Waals surface area contributed by atoms with E-state index in [9.17, 15) is 24.5 Å². The molecule has 1 heterocycles. The van der Waals surface area contributed by atoms with Crippen LogP contribution in [0.2, 0.25) is 0 Å². The number of hydrogen-bond acceptors (Lipinski definition) is 6. The fourth-order valence-corrected chi connectivity index (χ4v) is 2.19. The molecule has 2 rings (SSSR count). The van der Waals surface area contributed by atoms with Gasteiger partial charge in [0.15, 0.2) is 0 Å². The molecular formula is C11H14FN3O4. The molecule has 0 radical (unpaired) electrons. The van der Waals surface area contributed by atoms with Gasteiger partial charge in [-0.15, -0.1) is 0 Å². The number of hydrogen-bond donors (Lipinski definition) is 4. The van der Waals surface area contributed by atoms with Gasteiger partial charge in [-0.05, 0) is 13.0 Å². The fraction of sp³-hybridized carbons (Fsp3) is 0.455. The first-order valence-electron chi connectivity index (χ1n) is 5.63. The highest BCUT2D eigenvalue weighted by Crippen LogP contribution is 2.38. The number of nitrogens with two attached hydrogens (primary N) is 1. The van der Waals surface area contributed by atoms with Gasteiger partial charge in [-0.3, -0.25) is 4.57 Å². The smallest absolute Gasteiger partial charge is 0.350 e. The quantitative estimate of drug-likeness (QED) is 0.531. The van der Waals surface area contributed by atoms with E-state index in [0.717, 1.165) is 4.57 Å². The Morgan fingerprint density at radius 2 is 2.16 bits per heavy atom. The van der Waals surface area contributed by atoms with Crippen LogP contribution >= 0.6 is 0 Å². The van der Waals surface area contributed by atoms with Crippen molar-refractivity contribution >= 4 is 5.82 Å². The van der Waals surface area contributed by atoms with Crippen molar-refractivity contribution in [2.24, 2.45) is 0 Å². The second kappa shape index (κ2) is 4.72. The summed E-state index contributed by atoms with van der Waals surface area (Å²) in [7, 11) is 0. The molecule has 19 heavy (non-hydrogen) atoms. The first-order chi connectivity index (χ1) is 8.84. The minimum Gasteiger partial charge on any atom is -0.389 e. The van der Waals surface area contributed by atoms with Crippen LogP contribution in [0.1, 0.15) is 13.0 Å². The largest absolute Gasteiger partial charge is 0.389 e. The lowest BCUT2D eigenvalue weighted by molar-refractivity contribution is 0.0201. The first kappa shape index (κ1) is 13.7. The van der Waals surface area contributed by atoms with E-state index in [1.165, 1.54) is 19.2 Å². The highest BCUT2D eigenvalue weighted by atomic mass is 19.1. The van der Waals surface area contributed by atoms with Gasteiger partial charge in [0.1, 0.15) is 29.9 Å². The highest BCUT2D eigenvalue weighted by molar-refractivity contribution is 5.31. The third-order valence-corrected chi connectivity index (χ3v) is 3.10. The van der Waals surface area contributed by atoms with E-state index >= 15 is 0 Å². The van der Waals surface area contributed by atoms with Crippen molar-refractivity contribution in [2.75, 3.05) is 5.73 Å². The molecule has 1 aliphatic rings. The van der Waals surface area contributed by atoms with E-state index in [0.29, 0.717) is 0 Å². The summed E-state index contributed by atoms with van der Waals surface area (Å²) >= 11 is 0. The molecule has 0 bridgehead atoms. The van der Waals surface area contributed by atoms with Crippen molar-refractivity contribution in [3.63, 3.8) is 0 Å². The highest BCUT2D eigenvalue weighted by Gasteiger charge is 2.44. The summed E-state index contributed by atoms with van der Waals surface area (Å²) in [5.74, 6) is -0.974. The molecule has 1 aromatic heterocycles. The monoisotopic (exact) mass is 271 g/mol. The molecule has 0 aliphatic heterocycles. The Labute approximate surface area is 107 Å².